The summed E-state index contributed by atoms with van der Waals surface area (Å²) in [5.74, 6) is -0.846. The summed E-state index contributed by atoms with van der Waals surface area (Å²) in [5.41, 5.74) is 1.62. The topological polar surface area (TPSA) is 83.8 Å². The maximum Gasteiger partial charge on any atom is 0.277 e. The molecule has 25 heavy (non-hydrogen) atoms. The Morgan fingerprint density at radius 3 is 2.12 bits per heavy atom. The normalized spacial score (nSPS) is 14.2. The Morgan fingerprint density at radius 1 is 0.960 bits per heavy atom. The Balaban J connectivity index is 2.13. The average Bonchev–Trinajstić information content (AvgIpc) is 2.86. The molecule has 126 valence electrons. The second-order valence-corrected chi connectivity index (χ2v) is 5.59. The quantitative estimate of drug-likeness (QED) is 0.486. The number of para-hydroxylation sites is 1. The number of nitro benzene ring substituents is 1. The largest absolute Gasteiger partial charge is 0.339 e. The Bertz CT molecular complexity index is 888. The molecule has 0 radical (unpaired) electrons. The highest BCUT2D eigenvalue weighted by atomic mass is 16.6. The van der Waals surface area contributed by atoms with Crippen LogP contribution in [0, 0.1) is 10.1 Å². The molecule has 0 fully saturated rings. The molecular weight excluding hydrogens is 322 g/mol. The molecule has 7 nitrogen and oxygen atoms in total. The van der Waals surface area contributed by atoms with Gasteiger partial charge in [0.1, 0.15) is 5.70 Å². The van der Waals surface area contributed by atoms with Gasteiger partial charge in [-0.3, -0.25) is 24.6 Å². The number of carbonyl (C=O) groups is 2. The third kappa shape index (κ3) is 2.76. The molecule has 0 aliphatic carbocycles. The standard InChI is InChI=1S/C18H15N3O4/c1-19(13-6-4-3-5-7-13)16-15(17(22)20(2)18(16)23)12-8-10-14(11-9-12)21(24)25/h3-11H,1-2H3. The van der Waals surface area contributed by atoms with Crippen LogP contribution in [0.25, 0.3) is 5.57 Å². The van der Waals surface area contributed by atoms with E-state index in [-0.39, 0.29) is 17.0 Å². The third-order valence-electron chi connectivity index (χ3n) is 4.11. The fraction of sp³-hybridized carbons (Fsp3) is 0.111. The van der Waals surface area contributed by atoms with Crippen molar-refractivity contribution in [2.45, 2.75) is 0 Å². The molecule has 2 aromatic carbocycles. The number of likely N-dealkylation sites (N-methyl/N-ethyl adjacent to an activating group) is 2. The molecule has 0 bridgehead atoms. The van der Waals surface area contributed by atoms with E-state index in [9.17, 15) is 19.7 Å². The molecule has 1 aliphatic rings. The van der Waals surface area contributed by atoms with Crippen LogP contribution in [0.4, 0.5) is 11.4 Å². The SMILES string of the molecule is CN1C(=O)C(c2ccc([N+](=O)[O-])cc2)=C(N(C)c2ccccc2)C1=O. The van der Waals surface area contributed by atoms with E-state index in [2.05, 4.69) is 0 Å². The number of anilines is 1. The van der Waals surface area contributed by atoms with Gasteiger partial charge in [-0.05, 0) is 29.8 Å². The van der Waals surface area contributed by atoms with Crippen LogP contribution < -0.4 is 4.90 Å². The Kier molecular flexibility index (Phi) is 4.06. The second kappa shape index (κ2) is 6.20. The van der Waals surface area contributed by atoms with Crippen molar-refractivity contribution in [1.29, 1.82) is 0 Å². The highest BCUT2D eigenvalue weighted by Gasteiger charge is 2.39. The smallest absolute Gasteiger partial charge is 0.277 e. The first-order valence-corrected chi connectivity index (χ1v) is 7.52. The summed E-state index contributed by atoms with van der Waals surface area (Å²) in [6.07, 6.45) is 0. The van der Waals surface area contributed by atoms with Crippen LogP contribution in [0.15, 0.2) is 60.3 Å². The van der Waals surface area contributed by atoms with Crippen molar-refractivity contribution in [2.24, 2.45) is 0 Å². The van der Waals surface area contributed by atoms with Crippen LogP contribution in [0.5, 0.6) is 0 Å². The molecule has 0 aromatic heterocycles. The number of hydrogen-bond donors (Lipinski definition) is 0. The van der Waals surface area contributed by atoms with Gasteiger partial charge in [0.05, 0.1) is 10.5 Å². The van der Waals surface area contributed by atoms with E-state index in [1.165, 1.54) is 31.3 Å². The van der Waals surface area contributed by atoms with Crippen molar-refractivity contribution < 1.29 is 14.5 Å². The zero-order valence-electron chi connectivity index (χ0n) is 13.7. The molecule has 0 unspecified atom stereocenters. The van der Waals surface area contributed by atoms with Crippen molar-refractivity contribution in [3.05, 3.63) is 76.0 Å². The van der Waals surface area contributed by atoms with E-state index < -0.39 is 16.7 Å². The lowest BCUT2D eigenvalue weighted by Crippen LogP contribution is -2.30. The number of hydrogen-bond acceptors (Lipinski definition) is 5. The van der Waals surface area contributed by atoms with Gasteiger partial charge in [0.15, 0.2) is 0 Å². The summed E-state index contributed by atoms with van der Waals surface area (Å²) in [6.45, 7) is 0. The van der Waals surface area contributed by atoms with Crippen molar-refractivity contribution in [1.82, 2.24) is 4.90 Å². The molecule has 2 amide bonds. The third-order valence-corrected chi connectivity index (χ3v) is 4.11. The first-order valence-electron chi connectivity index (χ1n) is 7.52. The first-order chi connectivity index (χ1) is 11.9. The van der Waals surface area contributed by atoms with Gasteiger partial charge in [-0.25, -0.2) is 0 Å². The minimum Gasteiger partial charge on any atom is -0.339 e. The van der Waals surface area contributed by atoms with Crippen molar-refractivity contribution >= 4 is 28.8 Å². The average molecular weight is 337 g/mol. The minimum atomic E-state index is -0.511. The molecule has 7 heteroatoms. The van der Waals surface area contributed by atoms with Crippen molar-refractivity contribution in [3.8, 4) is 0 Å². The predicted octanol–water partition coefficient (Wildman–Crippen LogP) is 2.44. The fourth-order valence-electron chi connectivity index (χ4n) is 2.73. The van der Waals surface area contributed by atoms with E-state index >= 15 is 0 Å². The maximum absolute atomic E-state index is 12.6. The van der Waals surface area contributed by atoms with Gasteiger partial charge in [0.2, 0.25) is 0 Å². The predicted molar refractivity (Wildman–Crippen MR) is 92.6 cm³/mol. The molecule has 1 aliphatic heterocycles. The summed E-state index contributed by atoms with van der Waals surface area (Å²) < 4.78 is 0. The summed E-state index contributed by atoms with van der Waals surface area (Å²) in [5, 5.41) is 10.8. The van der Waals surface area contributed by atoms with E-state index in [1.807, 2.05) is 30.3 Å². The second-order valence-electron chi connectivity index (χ2n) is 5.59. The molecule has 0 saturated heterocycles. The zero-order valence-corrected chi connectivity index (χ0v) is 13.7. The highest BCUT2D eigenvalue weighted by Crippen LogP contribution is 2.33. The maximum atomic E-state index is 12.6. The van der Waals surface area contributed by atoms with Crippen molar-refractivity contribution in [3.63, 3.8) is 0 Å². The number of carbonyl (C=O) groups excluding carboxylic acids is 2. The summed E-state index contributed by atoms with van der Waals surface area (Å²) in [4.78, 5) is 38.2. The number of imide groups is 1. The molecule has 0 saturated carbocycles. The van der Waals surface area contributed by atoms with Crippen LogP contribution in [-0.4, -0.2) is 35.7 Å². The molecule has 0 atom stereocenters. The molecule has 0 spiro atoms. The monoisotopic (exact) mass is 337 g/mol. The summed E-state index contributed by atoms with van der Waals surface area (Å²) >= 11 is 0. The van der Waals surface area contributed by atoms with Gasteiger partial charge in [0, 0.05) is 31.9 Å². The lowest BCUT2D eigenvalue weighted by atomic mass is 10.0. The molecular formula is C18H15N3O4. The van der Waals surface area contributed by atoms with E-state index in [4.69, 9.17) is 0 Å². The van der Waals surface area contributed by atoms with Crippen LogP contribution in [0.3, 0.4) is 0 Å². The molecule has 1 heterocycles. The number of nitrogens with zero attached hydrogens (tertiary/aromatic N) is 3. The lowest BCUT2D eigenvalue weighted by molar-refractivity contribution is -0.384. The molecule has 0 N–H and O–H groups in total. The Hall–Kier alpha value is -3.48. The van der Waals surface area contributed by atoms with Crippen LogP contribution >= 0.6 is 0 Å². The summed E-state index contributed by atoms with van der Waals surface area (Å²) in [6, 6.07) is 14.8. The van der Waals surface area contributed by atoms with Gasteiger partial charge >= 0.3 is 0 Å². The van der Waals surface area contributed by atoms with Crippen LogP contribution in [0.2, 0.25) is 0 Å². The van der Waals surface area contributed by atoms with Gasteiger partial charge in [0.25, 0.3) is 17.5 Å². The van der Waals surface area contributed by atoms with Crippen molar-refractivity contribution in [2.75, 3.05) is 19.0 Å². The Morgan fingerprint density at radius 2 is 1.56 bits per heavy atom. The minimum absolute atomic E-state index is 0.0764. The van der Waals surface area contributed by atoms with Crippen LogP contribution in [0.1, 0.15) is 5.56 Å². The fourth-order valence-corrected chi connectivity index (χ4v) is 2.73. The van der Waals surface area contributed by atoms with Gasteiger partial charge in [-0.2, -0.15) is 0 Å². The first kappa shape index (κ1) is 16.4. The van der Waals surface area contributed by atoms with Crippen LogP contribution in [-0.2, 0) is 9.59 Å². The number of rotatable bonds is 4. The lowest BCUT2D eigenvalue weighted by Gasteiger charge is -2.20. The van der Waals surface area contributed by atoms with Gasteiger partial charge in [-0.1, -0.05) is 18.2 Å². The van der Waals surface area contributed by atoms with E-state index in [1.54, 1.807) is 11.9 Å². The molecule has 3 rings (SSSR count). The van der Waals surface area contributed by atoms with Gasteiger partial charge < -0.3 is 4.90 Å². The van der Waals surface area contributed by atoms with E-state index in [0.29, 0.717) is 5.56 Å². The number of non-ortho nitro benzene ring substituents is 1. The Labute approximate surface area is 143 Å². The summed E-state index contributed by atoms with van der Waals surface area (Å²) in [7, 11) is 3.13. The van der Waals surface area contributed by atoms with Gasteiger partial charge in [-0.15, -0.1) is 0 Å². The zero-order chi connectivity index (χ0) is 18.1. The number of nitro groups is 1. The highest BCUT2D eigenvalue weighted by molar-refractivity contribution is 6.36. The number of benzene rings is 2. The molecule has 2 aromatic rings. The number of amides is 2. The van der Waals surface area contributed by atoms with E-state index in [0.717, 1.165) is 10.6 Å².